The largest absolute Gasteiger partial charge is 0.354 e. The highest BCUT2D eigenvalue weighted by atomic mass is 35.5. The van der Waals surface area contributed by atoms with Crippen molar-refractivity contribution in [3.05, 3.63) is 35.9 Å². The number of carbonyl (C=O) groups excluding carboxylic acids is 1. The molecule has 0 heterocycles. The smallest absolute Gasteiger partial charge is 0.237 e. The third-order valence-electron chi connectivity index (χ3n) is 4.25. The van der Waals surface area contributed by atoms with Crippen LogP contribution < -0.4 is 11.1 Å². The van der Waals surface area contributed by atoms with Crippen LogP contribution in [0.4, 0.5) is 0 Å². The normalized spacial score (nSPS) is 23.0. The van der Waals surface area contributed by atoms with Crippen molar-refractivity contribution in [1.29, 1.82) is 0 Å². The van der Waals surface area contributed by atoms with Gasteiger partial charge in [-0.15, -0.1) is 12.4 Å². The molecule has 1 aliphatic carbocycles. The third-order valence-corrected chi connectivity index (χ3v) is 4.25. The maximum absolute atomic E-state index is 12.0. The van der Waals surface area contributed by atoms with Crippen LogP contribution in [-0.2, 0) is 11.2 Å². The highest BCUT2D eigenvalue weighted by Gasteiger charge is 2.20. The lowest BCUT2D eigenvalue weighted by Crippen LogP contribution is -2.44. The Labute approximate surface area is 134 Å². The minimum Gasteiger partial charge on any atom is -0.354 e. The minimum absolute atomic E-state index is 0. The monoisotopic (exact) mass is 310 g/mol. The van der Waals surface area contributed by atoms with Crippen LogP contribution in [0, 0.1) is 11.8 Å². The first-order valence-electron chi connectivity index (χ1n) is 7.72. The lowest BCUT2D eigenvalue weighted by atomic mass is 9.82. The number of nitrogens with one attached hydrogen (secondary N) is 1. The molecule has 3 nitrogen and oxygen atoms in total. The van der Waals surface area contributed by atoms with E-state index in [4.69, 9.17) is 5.73 Å². The molecule has 0 saturated heterocycles. The van der Waals surface area contributed by atoms with Crippen molar-refractivity contribution >= 4 is 18.3 Å². The molecule has 3 N–H and O–H groups in total. The molecule has 0 aliphatic heterocycles. The van der Waals surface area contributed by atoms with Gasteiger partial charge in [-0.3, -0.25) is 4.79 Å². The van der Waals surface area contributed by atoms with Crippen LogP contribution in [0.2, 0.25) is 0 Å². The maximum atomic E-state index is 12.0. The van der Waals surface area contributed by atoms with Gasteiger partial charge in [-0.2, -0.15) is 0 Å². The van der Waals surface area contributed by atoms with Gasteiger partial charge in [0.15, 0.2) is 0 Å². The van der Waals surface area contributed by atoms with Gasteiger partial charge >= 0.3 is 0 Å². The molecule has 118 valence electrons. The summed E-state index contributed by atoms with van der Waals surface area (Å²) >= 11 is 0. The first kappa shape index (κ1) is 18.0. The summed E-state index contributed by atoms with van der Waals surface area (Å²) in [5.74, 6) is 1.40. The fourth-order valence-electron chi connectivity index (χ4n) is 3.08. The quantitative estimate of drug-likeness (QED) is 0.878. The number of carbonyl (C=O) groups is 1. The Bertz CT molecular complexity index is 424. The molecule has 4 heteroatoms. The molecule has 3 unspecified atom stereocenters. The summed E-state index contributed by atoms with van der Waals surface area (Å²) in [6, 6.07) is 9.50. The molecule has 1 aromatic carbocycles. The number of benzene rings is 1. The summed E-state index contributed by atoms with van der Waals surface area (Å²) in [4.78, 5) is 12.0. The first-order chi connectivity index (χ1) is 9.65. The molecule has 0 bridgehead atoms. The van der Waals surface area contributed by atoms with Crippen molar-refractivity contribution in [2.45, 2.75) is 45.1 Å². The van der Waals surface area contributed by atoms with Crippen LogP contribution in [0.25, 0.3) is 0 Å². The predicted octanol–water partition coefficient (Wildman–Crippen LogP) is 2.92. The zero-order chi connectivity index (χ0) is 14.4. The van der Waals surface area contributed by atoms with Crippen molar-refractivity contribution in [1.82, 2.24) is 5.32 Å². The van der Waals surface area contributed by atoms with E-state index in [2.05, 4.69) is 12.2 Å². The summed E-state index contributed by atoms with van der Waals surface area (Å²) < 4.78 is 0. The van der Waals surface area contributed by atoms with Crippen LogP contribution in [0.3, 0.4) is 0 Å². The third kappa shape index (κ3) is 6.06. The molecule has 0 radical (unpaired) electrons. The molecule has 1 saturated carbocycles. The van der Waals surface area contributed by atoms with Crippen molar-refractivity contribution < 1.29 is 4.79 Å². The second-order valence-electron chi connectivity index (χ2n) is 6.18. The molecular weight excluding hydrogens is 284 g/mol. The average molecular weight is 311 g/mol. The van der Waals surface area contributed by atoms with E-state index in [1.807, 2.05) is 30.3 Å². The van der Waals surface area contributed by atoms with Crippen LogP contribution in [0.1, 0.15) is 38.2 Å². The first-order valence-corrected chi connectivity index (χ1v) is 7.72. The van der Waals surface area contributed by atoms with Crippen molar-refractivity contribution in [2.75, 3.05) is 6.54 Å². The van der Waals surface area contributed by atoms with E-state index in [0.717, 1.165) is 18.0 Å². The van der Waals surface area contributed by atoms with E-state index >= 15 is 0 Å². The van der Waals surface area contributed by atoms with E-state index in [1.54, 1.807) is 0 Å². The average Bonchev–Trinajstić information content (AvgIpc) is 2.46. The summed E-state index contributed by atoms with van der Waals surface area (Å²) in [7, 11) is 0. The van der Waals surface area contributed by atoms with Gasteiger partial charge in [-0.1, -0.05) is 50.1 Å². The Balaban J connectivity index is 0.00000220. The van der Waals surface area contributed by atoms with Gasteiger partial charge in [0.1, 0.15) is 0 Å². The predicted molar refractivity (Wildman–Crippen MR) is 89.5 cm³/mol. The number of amides is 1. The molecule has 1 amide bonds. The van der Waals surface area contributed by atoms with Crippen LogP contribution in [0.5, 0.6) is 0 Å². The highest BCUT2D eigenvalue weighted by molar-refractivity contribution is 5.85. The van der Waals surface area contributed by atoms with Gasteiger partial charge in [0.05, 0.1) is 6.04 Å². The van der Waals surface area contributed by atoms with E-state index < -0.39 is 6.04 Å². The van der Waals surface area contributed by atoms with Crippen LogP contribution in [-0.4, -0.2) is 18.5 Å². The van der Waals surface area contributed by atoms with Crippen molar-refractivity contribution in [3.63, 3.8) is 0 Å². The van der Waals surface area contributed by atoms with Gasteiger partial charge in [-0.05, 0) is 36.7 Å². The summed E-state index contributed by atoms with van der Waals surface area (Å²) in [6.07, 6.45) is 5.69. The summed E-state index contributed by atoms with van der Waals surface area (Å²) in [5.41, 5.74) is 7.09. The fraction of sp³-hybridized carbons (Fsp3) is 0.588. The van der Waals surface area contributed by atoms with Gasteiger partial charge in [0.25, 0.3) is 0 Å². The van der Waals surface area contributed by atoms with E-state index in [9.17, 15) is 4.79 Å². The molecule has 2 rings (SSSR count). The van der Waals surface area contributed by atoms with Crippen LogP contribution >= 0.6 is 12.4 Å². The second kappa shape index (κ2) is 9.06. The van der Waals surface area contributed by atoms with Crippen LogP contribution in [0.15, 0.2) is 30.3 Å². The highest BCUT2D eigenvalue weighted by Crippen LogP contribution is 2.27. The number of halogens is 1. The topological polar surface area (TPSA) is 55.1 Å². The lowest BCUT2D eigenvalue weighted by molar-refractivity contribution is -0.122. The minimum atomic E-state index is -0.446. The number of nitrogens with two attached hydrogens (primary N) is 1. The molecule has 1 aliphatic rings. The molecule has 0 spiro atoms. The number of hydrogen-bond donors (Lipinski definition) is 2. The van der Waals surface area contributed by atoms with Gasteiger partial charge in [0.2, 0.25) is 5.91 Å². The molecule has 0 aromatic heterocycles. The van der Waals surface area contributed by atoms with Gasteiger partial charge < -0.3 is 11.1 Å². The SMILES string of the molecule is CC1CCCC(CNC(=O)C(N)Cc2ccccc2)C1.Cl. The molecule has 1 aromatic rings. The Morgan fingerprint density at radius 1 is 1.33 bits per heavy atom. The Hall–Kier alpha value is -1.06. The van der Waals surface area contributed by atoms with Crippen molar-refractivity contribution in [3.8, 4) is 0 Å². The standard InChI is InChI=1S/C17H26N2O.ClH/c1-13-6-5-9-15(10-13)12-19-17(20)16(18)11-14-7-3-2-4-8-14;/h2-4,7-8,13,15-16H,5-6,9-12,18H2,1H3,(H,19,20);1H. The Morgan fingerprint density at radius 3 is 2.71 bits per heavy atom. The lowest BCUT2D eigenvalue weighted by Gasteiger charge is -2.27. The second-order valence-corrected chi connectivity index (χ2v) is 6.18. The van der Waals surface area contributed by atoms with E-state index in [0.29, 0.717) is 12.3 Å². The summed E-state index contributed by atoms with van der Waals surface area (Å²) in [5, 5.41) is 3.03. The fourth-order valence-corrected chi connectivity index (χ4v) is 3.08. The van der Waals surface area contributed by atoms with E-state index in [-0.39, 0.29) is 18.3 Å². The Kier molecular flexibility index (Phi) is 7.76. The van der Waals surface area contributed by atoms with Crippen molar-refractivity contribution in [2.24, 2.45) is 17.6 Å². The number of rotatable bonds is 5. The van der Waals surface area contributed by atoms with Gasteiger partial charge in [-0.25, -0.2) is 0 Å². The van der Waals surface area contributed by atoms with E-state index in [1.165, 1.54) is 25.7 Å². The Morgan fingerprint density at radius 2 is 2.05 bits per heavy atom. The molecule has 1 fully saturated rings. The number of hydrogen-bond acceptors (Lipinski definition) is 2. The zero-order valence-corrected chi connectivity index (χ0v) is 13.6. The molecule has 21 heavy (non-hydrogen) atoms. The van der Waals surface area contributed by atoms with Gasteiger partial charge in [0, 0.05) is 6.54 Å². The molecular formula is C17H27ClN2O. The zero-order valence-electron chi connectivity index (χ0n) is 12.8. The summed E-state index contributed by atoms with van der Waals surface area (Å²) in [6.45, 7) is 3.08. The molecule has 3 atom stereocenters. The maximum Gasteiger partial charge on any atom is 0.237 e.